The molecule has 2 aromatic rings. The Labute approximate surface area is 137 Å². The van der Waals surface area contributed by atoms with Crippen molar-refractivity contribution in [2.24, 2.45) is 0 Å². The summed E-state index contributed by atoms with van der Waals surface area (Å²) in [6.07, 6.45) is 2.40. The average Bonchev–Trinajstić information content (AvgIpc) is 3.06. The number of piperazine rings is 1. The van der Waals surface area contributed by atoms with Crippen molar-refractivity contribution in [2.75, 3.05) is 31.1 Å². The number of nitriles is 1. The Kier molecular flexibility index (Phi) is 4.65. The first-order valence-electron chi connectivity index (χ1n) is 7.26. The van der Waals surface area contributed by atoms with E-state index < -0.39 is 0 Å². The summed E-state index contributed by atoms with van der Waals surface area (Å²) in [6, 6.07) is 6.54. The quantitative estimate of drug-likeness (QED) is 0.805. The van der Waals surface area contributed by atoms with Crippen LogP contribution in [-0.4, -0.2) is 42.3 Å². The molecule has 1 saturated heterocycles. The number of aromatic nitrogens is 1. The topological polar surface area (TPSA) is 60.2 Å². The molecule has 0 spiro atoms. The van der Waals surface area contributed by atoms with Crippen molar-refractivity contribution in [1.82, 2.24) is 9.88 Å². The monoisotopic (exact) mass is 330 g/mol. The molecule has 0 amide bonds. The molecule has 1 aromatic heterocycles. The fourth-order valence-electron chi connectivity index (χ4n) is 2.56. The smallest absolute Gasteiger partial charge is 0.186 e. The van der Waals surface area contributed by atoms with Crippen molar-refractivity contribution < 1.29 is 9.18 Å². The van der Waals surface area contributed by atoms with Gasteiger partial charge in [0.2, 0.25) is 0 Å². The minimum Gasteiger partial charge on any atom is -0.346 e. The van der Waals surface area contributed by atoms with E-state index in [1.807, 2.05) is 6.07 Å². The van der Waals surface area contributed by atoms with Crippen LogP contribution in [0.5, 0.6) is 0 Å². The number of nitrogens with zero attached hydrogens (tertiary/aromatic N) is 4. The third-order valence-electron chi connectivity index (χ3n) is 3.85. The number of hydrogen-bond donors (Lipinski definition) is 0. The molecular weight excluding hydrogens is 315 g/mol. The number of aldehydes is 1. The Morgan fingerprint density at radius 1 is 1.35 bits per heavy atom. The van der Waals surface area contributed by atoms with Crippen molar-refractivity contribution in [3.8, 4) is 6.07 Å². The third kappa shape index (κ3) is 3.55. The Morgan fingerprint density at radius 3 is 2.74 bits per heavy atom. The normalized spacial score (nSPS) is 15.4. The van der Waals surface area contributed by atoms with Gasteiger partial charge in [0.25, 0.3) is 0 Å². The van der Waals surface area contributed by atoms with Crippen LogP contribution in [-0.2, 0) is 6.54 Å². The van der Waals surface area contributed by atoms with Crippen molar-refractivity contribution >= 4 is 22.8 Å². The maximum absolute atomic E-state index is 13.9. The number of benzene rings is 1. The SMILES string of the molecule is N#Cc1ccc(CN2CCN(c3ncc(C=O)s3)CC2)c(F)c1. The lowest BCUT2D eigenvalue weighted by molar-refractivity contribution is 0.112. The Balaban J connectivity index is 1.59. The lowest BCUT2D eigenvalue weighted by atomic mass is 10.1. The largest absolute Gasteiger partial charge is 0.346 e. The van der Waals surface area contributed by atoms with E-state index >= 15 is 0 Å². The van der Waals surface area contributed by atoms with Crippen LogP contribution >= 0.6 is 11.3 Å². The van der Waals surface area contributed by atoms with Gasteiger partial charge in [-0.1, -0.05) is 17.4 Å². The van der Waals surface area contributed by atoms with E-state index in [0.29, 0.717) is 22.5 Å². The summed E-state index contributed by atoms with van der Waals surface area (Å²) in [5.41, 5.74) is 0.945. The summed E-state index contributed by atoms with van der Waals surface area (Å²) in [4.78, 5) is 19.9. The van der Waals surface area contributed by atoms with E-state index in [-0.39, 0.29) is 5.82 Å². The van der Waals surface area contributed by atoms with Gasteiger partial charge in [-0.3, -0.25) is 9.69 Å². The predicted octanol–water partition coefficient (Wildman–Crippen LogP) is 2.29. The van der Waals surface area contributed by atoms with Crippen molar-refractivity contribution in [3.05, 3.63) is 46.2 Å². The van der Waals surface area contributed by atoms with Gasteiger partial charge in [0.1, 0.15) is 5.82 Å². The second-order valence-corrected chi connectivity index (χ2v) is 6.38. The average molecular weight is 330 g/mol. The van der Waals surface area contributed by atoms with Crippen LogP contribution in [0.1, 0.15) is 20.8 Å². The second-order valence-electron chi connectivity index (χ2n) is 5.34. The van der Waals surface area contributed by atoms with E-state index in [9.17, 15) is 9.18 Å². The highest BCUT2D eigenvalue weighted by atomic mass is 32.1. The molecule has 0 bridgehead atoms. The standard InChI is InChI=1S/C16H15FN4OS/c17-15-7-12(8-18)1-2-13(15)10-20-3-5-21(6-4-20)16-19-9-14(11-22)23-16/h1-2,7,9,11H,3-6,10H2. The fraction of sp³-hybridized carbons (Fsp3) is 0.312. The number of hydrogen-bond acceptors (Lipinski definition) is 6. The molecule has 1 aromatic carbocycles. The molecule has 1 aliphatic rings. The Morgan fingerprint density at radius 2 is 2.13 bits per heavy atom. The zero-order valence-electron chi connectivity index (χ0n) is 12.4. The molecule has 0 unspecified atom stereocenters. The van der Waals surface area contributed by atoms with Gasteiger partial charge in [0.05, 0.1) is 22.7 Å². The highest BCUT2D eigenvalue weighted by molar-refractivity contribution is 7.17. The highest BCUT2D eigenvalue weighted by Crippen LogP contribution is 2.23. The molecule has 2 heterocycles. The summed E-state index contributed by atoms with van der Waals surface area (Å²) in [7, 11) is 0. The van der Waals surface area contributed by atoms with Gasteiger partial charge in [0, 0.05) is 38.3 Å². The lowest BCUT2D eigenvalue weighted by Gasteiger charge is -2.34. The zero-order valence-corrected chi connectivity index (χ0v) is 13.2. The lowest BCUT2D eigenvalue weighted by Crippen LogP contribution is -2.46. The fourth-order valence-corrected chi connectivity index (χ4v) is 3.34. The Bertz CT molecular complexity index is 747. The molecule has 5 nitrogen and oxygen atoms in total. The molecule has 23 heavy (non-hydrogen) atoms. The first-order chi connectivity index (χ1) is 11.2. The van der Waals surface area contributed by atoms with E-state index in [2.05, 4.69) is 14.8 Å². The van der Waals surface area contributed by atoms with Gasteiger partial charge in [-0.15, -0.1) is 0 Å². The minimum atomic E-state index is -0.331. The first kappa shape index (κ1) is 15.6. The number of anilines is 1. The van der Waals surface area contributed by atoms with Crippen LogP contribution in [0.3, 0.4) is 0 Å². The summed E-state index contributed by atoms with van der Waals surface area (Å²) in [6.45, 7) is 3.72. The van der Waals surface area contributed by atoms with E-state index in [1.165, 1.54) is 17.4 Å². The molecule has 7 heteroatoms. The summed E-state index contributed by atoms with van der Waals surface area (Å²) in [5.74, 6) is -0.331. The maximum Gasteiger partial charge on any atom is 0.186 e. The van der Waals surface area contributed by atoms with Crippen LogP contribution in [0, 0.1) is 17.1 Å². The van der Waals surface area contributed by atoms with Gasteiger partial charge in [-0.25, -0.2) is 9.37 Å². The molecule has 0 aliphatic carbocycles. The maximum atomic E-state index is 13.9. The van der Waals surface area contributed by atoms with Crippen LogP contribution in [0.25, 0.3) is 0 Å². The Hall–Kier alpha value is -2.30. The highest BCUT2D eigenvalue weighted by Gasteiger charge is 2.20. The molecule has 1 fully saturated rings. The zero-order chi connectivity index (χ0) is 16.2. The number of halogens is 1. The number of thiazole rings is 1. The van der Waals surface area contributed by atoms with Gasteiger partial charge in [-0.05, 0) is 12.1 Å². The molecule has 0 N–H and O–H groups in total. The summed E-state index contributed by atoms with van der Waals surface area (Å²) >= 11 is 1.39. The summed E-state index contributed by atoms with van der Waals surface area (Å²) < 4.78 is 13.9. The number of carbonyl (C=O) groups excluding carboxylic acids is 1. The number of rotatable bonds is 4. The van der Waals surface area contributed by atoms with E-state index in [0.717, 1.165) is 37.6 Å². The van der Waals surface area contributed by atoms with Crippen LogP contribution in [0.4, 0.5) is 9.52 Å². The molecular formula is C16H15FN4OS. The van der Waals surface area contributed by atoms with Crippen molar-refractivity contribution in [1.29, 1.82) is 5.26 Å². The van der Waals surface area contributed by atoms with Crippen molar-refractivity contribution in [3.63, 3.8) is 0 Å². The van der Waals surface area contributed by atoms with Gasteiger partial charge < -0.3 is 4.90 Å². The van der Waals surface area contributed by atoms with Crippen LogP contribution in [0.2, 0.25) is 0 Å². The van der Waals surface area contributed by atoms with Gasteiger partial charge in [0.15, 0.2) is 11.4 Å². The second kappa shape index (κ2) is 6.86. The first-order valence-corrected chi connectivity index (χ1v) is 8.08. The molecule has 1 aliphatic heterocycles. The van der Waals surface area contributed by atoms with Gasteiger partial charge >= 0.3 is 0 Å². The predicted molar refractivity (Wildman–Crippen MR) is 86.1 cm³/mol. The van der Waals surface area contributed by atoms with Crippen molar-refractivity contribution in [2.45, 2.75) is 6.54 Å². The third-order valence-corrected chi connectivity index (χ3v) is 4.83. The minimum absolute atomic E-state index is 0.331. The van der Waals surface area contributed by atoms with E-state index in [1.54, 1.807) is 18.3 Å². The summed E-state index contributed by atoms with van der Waals surface area (Å²) in [5, 5.41) is 9.63. The van der Waals surface area contributed by atoms with Crippen LogP contribution in [0.15, 0.2) is 24.4 Å². The van der Waals surface area contributed by atoms with Crippen LogP contribution < -0.4 is 4.90 Å². The molecule has 3 rings (SSSR count). The molecule has 0 atom stereocenters. The molecule has 0 radical (unpaired) electrons. The molecule has 118 valence electrons. The number of carbonyl (C=O) groups is 1. The van der Waals surface area contributed by atoms with E-state index in [4.69, 9.17) is 5.26 Å². The van der Waals surface area contributed by atoms with Gasteiger partial charge in [-0.2, -0.15) is 5.26 Å². The molecule has 0 saturated carbocycles.